The molecule has 0 aliphatic heterocycles. The molecule has 0 saturated carbocycles. The second-order valence-electron chi connectivity index (χ2n) is 1.36. The highest BCUT2D eigenvalue weighted by atomic mass is 32.3. The summed E-state index contributed by atoms with van der Waals surface area (Å²) in [5, 5.41) is 0. The van der Waals surface area contributed by atoms with Crippen molar-refractivity contribution in [1.29, 1.82) is 0 Å². The molecule has 19 heavy (non-hydrogen) atoms. The largest absolute Gasteiger partial charge is 0.466 e. The number of carbonyl (C=O) groups is 1. The topological polar surface area (TPSA) is 396 Å². The van der Waals surface area contributed by atoms with Gasteiger partial charge in [-0.1, -0.05) is 0 Å². The molecule has 128 valence electrons. The van der Waals surface area contributed by atoms with Crippen LogP contribution in [0.3, 0.4) is 0 Å². The molecule has 0 aromatic carbocycles. The molecule has 0 aromatic rings. The molecule has 0 bridgehead atoms. The highest BCUT2D eigenvalue weighted by molar-refractivity contribution is 7.79. The summed E-state index contributed by atoms with van der Waals surface area (Å²) in [4.78, 5) is 30.6. The van der Waals surface area contributed by atoms with Gasteiger partial charge in [0.2, 0.25) is 0 Å². The number of phosphoric acid groups is 1. The molecule has 0 atom stereocenters. The average molecular weight is 341 g/mol. The van der Waals surface area contributed by atoms with E-state index in [1.54, 1.807) is 0 Å². The molecular weight excluding hydrogens is 317 g/mol. The van der Waals surface area contributed by atoms with Gasteiger partial charge >= 0.3 is 24.3 Å². The normalized spacial score (nSPS) is 7.42. The van der Waals surface area contributed by atoms with Gasteiger partial charge in [0.25, 0.3) is 0 Å². The third-order valence-electron chi connectivity index (χ3n) is 0. The summed E-state index contributed by atoms with van der Waals surface area (Å²) in [6.07, 6.45) is 0. The molecule has 18 heteroatoms. The first-order chi connectivity index (χ1) is 5.73. The molecule has 24 N–H and O–H groups in total. The molecular formula is CH24N7O9PS. The first-order valence-corrected chi connectivity index (χ1v) is 5.22. The Morgan fingerprint density at radius 3 is 0.842 bits per heavy atom. The predicted molar refractivity (Wildman–Crippen MR) is 67.3 cm³/mol. The van der Waals surface area contributed by atoms with Gasteiger partial charge in [0.05, 0.1) is 0 Å². The van der Waals surface area contributed by atoms with Crippen LogP contribution >= 0.6 is 7.82 Å². The zero-order valence-electron chi connectivity index (χ0n) is 9.91. The summed E-state index contributed by atoms with van der Waals surface area (Å²) in [5.41, 5.74) is 8.50. The fourth-order valence-corrected chi connectivity index (χ4v) is 0. The minimum absolute atomic E-state index is 0. The van der Waals surface area contributed by atoms with Crippen LogP contribution in [-0.4, -0.2) is 38.2 Å². The van der Waals surface area contributed by atoms with E-state index in [0.717, 1.165) is 0 Å². The van der Waals surface area contributed by atoms with Crippen molar-refractivity contribution >= 4 is 24.3 Å². The summed E-state index contributed by atoms with van der Waals surface area (Å²) in [6, 6.07) is -0.833. The van der Waals surface area contributed by atoms with Gasteiger partial charge in [0.1, 0.15) is 0 Å². The molecule has 0 rings (SSSR count). The van der Waals surface area contributed by atoms with Crippen molar-refractivity contribution in [3.8, 4) is 0 Å². The Kier molecular flexibility index (Phi) is 60.8. The number of hydrogen-bond donors (Lipinski definition) is 12. The number of hydrogen-bond acceptors (Lipinski definition) is 9. The van der Waals surface area contributed by atoms with E-state index < -0.39 is 24.3 Å². The Hall–Kier alpha value is -0.950. The number of amides is 2. The third-order valence-corrected chi connectivity index (χ3v) is 0. The van der Waals surface area contributed by atoms with Crippen molar-refractivity contribution in [3.63, 3.8) is 0 Å². The van der Waals surface area contributed by atoms with E-state index in [1.165, 1.54) is 0 Å². The number of nitrogens with two attached hydrogens (primary N) is 2. The summed E-state index contributed by atoms with van der Waals surface area (Å²) in [5.74, 6) is 0. The second-order valence-corrected chi connectivity index (χ2v) is 3.29. The van der Waals surface area contributed by atoms with Gasteiger partial charge in [0, 0.05) is 0 Å². The average Bonchev–Trinajstić information content (AvgIpc) is 1.45. The molecule has 0 saturated heterocycles. The standard InChI is InChI=1S/CH4N2O.5H3N.H3O4P.H2O4S/c2-1(3)4;;;;;;2*1-5(2,3)4/h(H4,2,3,4);5*1H3;(H3,1,2,3,4);(H2,1,2,3,4). The van der Waals surface area contributed by atoms with Crippen LogP contribution in [0.2, 0.25) is 0 Å². The number of rotatable bonds is 0. The minimum Gasteiger partial charge on any atom is -0.352 e. The fraction of sp³-hybridized carbons (Fsp3) is 0. The van der Waals surface area contributed by atoms with Crippen LogP contribution < -0.4 is 42.2 Å². The zero-order chi connectivity index (χ0) is 12.6. The van der Waals surface area contributed by atoms with E-state index in [0.29, 0.717) is 0 Å². The highest BCUT2D eigenvalue weighted by Crippen LogP contribution is 2.25. The molecule has 0 fully saturated rings. The monoisotopic (exact) mass is 341 g/mol. The zero-order valence-corrected chi connectivity index (χ0v) is 11.6. The lowest BCUT2D eigenvalue weighted by molar-refractivity contribution is 0.256. The van der Waals surface area contributed by atoms with E-state index in [2.05, 4.69) is 11.5 Å². The quantitative estimate of drug-likeness (QED) is 0.171. The van der Waals surface area contributed by atoms with Crippen LogP contribution in [0, 0.1) is 0 Å². The van der Waals surface area contributed by atoms with E-state index in [9.17, 15) is 0 Å². The van der Waals surface area contributed by atoms with Crippen LogP contribution in [0.25, 0.3) is 0 Å². The maximum absolute atomic E-state index is 9.00. The summed E-state index contributed by atoms with van der Waals surface area (Å²) >= 11 is 0. The minimum atomic E-state index is -4.67. The van der Waals surface area contributed by atoms with Crippen LogP contribution in [0.5, 0.6) is 0 Å². The molecule has 0 radical (unpaired) electrons. The second kappa shape index (κ2) is 22.2. The fourth-order valence-electron chi connectivity index (χ4n) is 0. The van der Waals surface area contributed by atoms with Crippen molar-refractivity contribution in [1.82, 2.24) is 30.8 Å². The summed E-state index contributed by atoms with van der Waals surface area (Å²) < 4.78 is 40.5. The third kappa shape index (κ3) is 4280. The van der Waals surface area contributed by atoms with Gasteiger partial charge in [-0.2, -0.15) is 8.42 Å². The van der Waals surface area contributed by atoms with Crippen molar-refractivity contribution in [2.45, 2.75) is 0 Å². The Balaban J connectivity index is -0.0000000141. The predicted octanol–water partition coefficient (Wildman–Crippen LogP) is -1.75. The molecule has 0 unspecified atom stereocenters. The first kappa shape index (κ1) is 52.0. The van der Waals surface area contributed by atoms with Crippen LogP contribution in [0.4, 0.5) is 4.79 Å². The lowest BCUT2D eigenvalue weighted by Crippen LogP contribution is -2.18. The number of primary amides is 2. The van der Waals surface area contributed by atoms with E-state index >= 15 is 0 Å². The summed E-state index contributed by atoms with van der Waals surface area (Å²) in [6.45, 7) is 0. The first-order valence-electron chi connectivity index (χ1n) is 2.26. The Labute approximate surface area is 109 Å². The van der Waals surface area contributed by atoms with E-state index in [1.807, 2.05) is 0 Å². The highest BCUT2D eigenvalue weighted by Gasteiger charge is 2.00. The molecule has 2 amide bonds. The molecule has 0 aromatic heterocycles. The lowest BCUT2D eigenvalue weighted by Gasteiger charge is -1.82. The van der Waals surface area contributed by atoms with Crippen molar-refractivity contribution in [2.24, 2.45) is 11.5 Å². The Morgan fingerprint density at radius 1 is 0.842 bits per heavy atom. The lowest BCUT2D eigenvalue weighted by atomic mass is 11.2. The van der Waals surface area contributed by atoms with E-state index in [-0.39, 0.29) is 30.8 Å². The van der Waals surface area contributed by atoms with Crippen LogP contribution in [0.1, 0.15) is 0 Å². The number of urea groups is 1. The van der Waals surface area contributed by atoms with Gasteiger partial charge in [-0.15, -0.1) is 0 Å². The molecule has 16 nitrogen and oxygen atoms in total. The van der Waals surface area contributed by atoms with Crippen molar-refractivity contribution in [2.75, 3.05) is 0 Å². The van der Waals surface area contributed by atoms with Crippen molar-refractivity contribution < 1.29 is 41.6 Å². The number of carbonyl (C=O) groups excluding carboxylic acids is 1. The summed E-state index contributed by atoms with van der Waals surface area (Å²) in [7, 11) is -9.31. The molecule has 0 heterocycles. The Bertz CT molecular complexity index is 277. The van der Waals surface area contributed by atoms with Gasteiger partial charge in [-0.25, -0.2) is 9.36 Å². The van der Waals surface area contributed by atoms with Crippen LogP contribution in [0.15, 0.2) is 0 Å². The Morgan fingerprint density at radius 2 is 0.842 bits per heavy atom. The van der Waals surface area contributed by atoms with Gasteiger partial charge < -0.3 is 56.9 Å². The van der Waals surface area contributed by atoms with E-state index in [4.69, 9.17) is 41.6 Å². The SMILES string of the molecule is N.N.N.N.N.NC(N)=O.O=P(O)(O)O.O=S(=O)(O)O. The maximum Gasteiger partial charge on any atom is 0.466 e. The van der Waals surface area contributed by atoms with Gasteiger partial charge in [-0.3, -0.25) is 9.11 Å². The van der Waals surface area contributed by atoms with Crippen molar-refractivity contribution in [3.05, 3.63) is 0 Å². The molecule has 0 spiro atoms. The van der Waals surface area contributed by atoms with Gasteiger partial charge in [-0.05, 0) is 0 Å². The smallest absolute Gasteiger partial charge is 0.352 e. The molecule has 0 aliphatic carbocycles. The molecule has 0 aliphatic rings. The maximum atomic E-state index is 9.00. The van der Waals surface area contributed by atoms with Gasteiger partial charge in [0.15, 0.2) is 0 Å². The van der Waals surface area contributed by atoms with Crippen LogP contribution in [-0.2, 0) is 15.0 Å².